The molecular formula is C14H19FN4. The van der Waals surface area contributed by atoms with Crippen LogP contribution in [-0.4, -0.2) is 15.0 Å². The molecule has 2 heterocycles. The Kier molecular flexibility index (Phi) is 3.95. The summed E-state index contributed by atoms with van der Waals surface area (Å²) in [4.78, 5) is 11.8. The van der Waals surface area contributed by atoms with E-state index in [4.69, 9.17) is 5.73 Å². The smallest absolute Gasteiger partial charge is 0.141 e. The van der Waals surface area contributed by atoms with Crippen molar-refractivity contribution < 1.29 is 4.39 Å². The SMILES string of the molecule is CCC(C)C(N)c1nc(-c2ccc(F)cn2)c(C)[nH]1. The number of aryl methyl sites for hydroxylation is 1. The molecule has 2 rings (SSSR count). The first kappa shape index (κ1) is 13.7. The van der Waals surface area contributed by atoms with Gasteiger partial charge in [0.05, 0.1) is 17.9 Å². The van der Waals surface area contributed by atoms with Gasteiger partial charge < -0.3 is 10.7 Å². The third-order valence-corrected chi connectivity index (χ3v) is 3.45. The van der Waals surface area contributed by atoms with Crippen LogP contribution < -0.4 is 5.73 Å². The normalized spacial score (nSPS) is 14.4. The monoisotopic (exact) mass is 262 g/mol. The number of halogens is 1. The number of nitrogens with two attached hydrogens (primary N) is 1. The number of aromatic amines is 1. The van der Waals surface area contributed by atoms with Crippen LogP contribution in [0.1, 0.15) is 37.8 Å². The van der Waals surface area contributed by atoms with Crippen LogP contribution in [0.5, 0.6) is 0 Å². The first-order valence-electron chi connectivity index (χ1n) is 6.47. The lowest BCUT2D eigenvalue weighted by Gasteiger charge is -2.15. The number of aromatic nitrogens is 3. The largest absolute Gasteiger partial charge is 0.344 e. The first-order valence-corrected chi connectivity index (χ1v) is 6.47. The summed E-state index contributed by atoms with van der Waals surface area (Å²) in [6.45, 7) is 6.11. The summed E-state index contributed by atoms with van der Waals surface area (Å²) in [5.74, 6) is 0.751. The van der Waals surface area contributed by atoms with Crippen molar-refractivity contribution >= 4 is 0 Å². The van der Waals surface area contributed by atoms with Crippen molar-refractivity contribution in [3.8, 4) is 11.4 Å². The molecule has 0 saturated heterocycles. The minimum absolute atomic E-state index is 0.127. The van der Waals surface area contributed by atoms with Gasteiger partial charge in [-0.15, -0.1) is 0 Å². The highest BCUT2D eigenvalue weighted by molar-refractivity contribution is 5.57. The zero-order valence-corrected chi connectivity index (χ0v) is 11.4. The second kappa shape index (κ2) is 5.48. The van der Waals surface area contributed by atoms with E-state index < -0.39 is 0 Å². The van der Waals surface area contributed by atoms with Gasteiger partial charge in [0.25, 0.3) is 0 Å². The third kappa shape index (κ3) is 2.81. The molecule has 0 saturated carbocycles. The Morgan fingerprint density at radius 3 is 2.74 bits per heavy atom. The third-order valence-electron chi connectivity index (χ3n) is 3.45. The Morgan fingerprint density at radius 1 is 1.42 bits per heavy atom. The predicted molar refractivity (Wildman–Crippen MR) is 72.9 cm³/mol. The molecule has 0 bridgehead atoms. The summed E-state index contributed by atoms with van der Waals surface area (Å²) in [5, 5.41) is 0. The van der Waals surface area contributed by atoms with Crippen LogP contribution in [0.2, 0.25) is 0 Å². The van der Waals surface area contributed by atoms with Gasteiger partial charge in [0.2, 0.25) is 0 Å². The molecule has 0 aliphatic rings. The minimum Gasteiger partial charge on any atom is -0.344 e. The lowest BCUT2D eigenvalue weighted by molar-refractivity contribution is 0.441. The molecule has 3 N–H and O–H groups in total. The minimum atomic E-state index is -0.353. The second-order valence-corrected chi connectivity index (χ2v) is 4.87. The van der Waals surface area contributed by atoms with Crippen molar-refractivity contribution in [2.75, 3.05) is 0 Å². The van der Waals surface area contributed by atoms with Crippen LogP contribution in [0.25, 0.3) is 11.4 Å². The molecule has 102 valence electrons. The van der Waals surface area contributed by atoms with Gasteiger partial charge >= 0.3 is 0 Å². The number of pyridine rings is 1. The van der Waals surface area contributed by atoms with Gasteiger partial charge in [-0.1, -0.05) is 20.3 Å². The van der Waals surface area contributed by atoms with E-state index in [-0.39, 0.29) is 11.9 Å². The Morgan fingerprint density at radius 2 is 2.16 bits per heavy atom. The lowest BCUT2D eigenvalue weighted by Crippen LogP contribution is -2.19. The summed E-state index contributed by atoms with van der Waals surface area (Å²) in [6.07, 6.45) is 2.18. The molecule has 4 nitrogen and oxygen atoms in total. The zero-order chi connectivity index (χ0) is 14.0. The van der Waals surface area contributed by atoms with Crippen LogP contribution in [-0.2, 0) is 0 Å². The van der Waals surface area contributed by atoms with Gasteiger partial charge in [-0.25, -0.2) is 9.37 Å². The van der Waals surface area contributed by atoms with Crippen LogP contribution in [0.15, 0.2) is 18.3 Å². The molecule has 2 unspecified atom stereocenters. The molecule has 2 aromatic heterocycles. The maximum absolute atomic E-state index is 12.9. The number of hydrogen-bond donors (Lipinski definition) is 2. The topological polar surface area (TPSA) is 67.6 Å². The Balaban J connectivity index is 2.33. The average molecular weight is 262 g/mol. The van der Waals surface area contributed by atoms with E-state index in [1.807, 2.05) is 6.92 Å². The molecule has 0 amide bonds. The van der Waals surface area contributed by atoms with E-state index in [2.05, 4.69) is 28.8 Å². The van der Waals surface area contributed by atoms with Gasteiger partial charge in [-0.05, 0) is 25.0 Å². The predicted octanol–water partition coefficient (Wildman–Crippen LogP) is 2.97. The Bertz CT molecular complexity index is 547. The number of rotatable bonds is 4. The number of hydrogen-bond acceptors (Lipinski definition) is 3. The van der Waals surface area contributed by atoms with Gasteiger partial charge in [0.15, 0.2) is 0 Å². The molecule has 0 fully saturated rings. The van der Waals surface area contributed by atoms with Crippen LogP contribution in [0.4, 0.5) is 4.39 Å². The molecule has 0 aromatic carbocycles. The molecule has 0 aliphatic carbocycles. The molecular weight excluding hydrogens is 243 g/mol. The standard InChI is InChI=1S/C14H19FN4/c1-4-8(2)12(16)14-18-9(3)13(19-14)11-6-5-10(15)7-17-11/h5-8,12H,4,16H2,1-3H3,(H,18,19). The molecule has 0 spiro atoms. The Hall–Kier alpha value is -1.75. The van der Waals surface area contributed by atoms with E-state index in [9.17, 15) is 4.39 Å². The van der Waals surface area contributed by atoms with Gasteiger partial charge in [0.1, 0.15) is 17.3 Å². The maximum Gasteiger partial charge on any atom is 0.141 e. The fourth-order valence-corrected chi connectivity index (χ4v) is 1.93. The fraction of sp³-hybridized carbons (Fsp3) is 0.429. The van der Waals surface area contributed by atoms with E-state index in [1.54, 1.807) is 6.07 Å². The van der Waals surface area contributed by atoms with Crippen LogP contribution in [0.3, 0.4) is 0 Å². The number of H-pyrrole nitrogens is 1. The summed E-state index contributed by atoms with van der Waals surface area (Å²) in [6, 6.07) is 2.87. The van der Waals surface area contributed by atoms with E-state index in [0.717, 1.165) is 23.6 Å². The molecule has 2 aromatic rings. The van der Waals surface area contributed by atoms with Crippen molar-refractivity contribution in [2.45, 2.75) is 33.2 Å². The summed E-state index contributed by atoms with van der Waals surface area (Å²) < 4.78 is 12.9. The maximum atomic E-state index is 12.9. The second-order valence-electron chi connectivity index (χ2n) is 4.87. The van der Waals surface area contributed by atoms with Crippen LogP contribution >= 0.6 is 0 Å². The summed E-state index contributed by atoms with van der Waals surface area (Å²) in [5.41, 5.74) is 8.44. The van der Waals surface area contributed by atoms with E-state index >= 15 is 0 Å². The number of nitrogens with one attached hydrogen (secondary N) is 1. The fourth-order valence-electron chi connectivity index (χ4n) is 1.93. The molecule has 19 heavy (non-hydrogen) atoms. The molecule has 0 radical (unpaired) electrons. The average Bonchev–Trinajstić information content (AvgIpc) is 2.80. The highest BCUT2D eigenvalue weighted by atomic mass is 19.1. The van der Waals surface area contributed by atoms with Crippen molar-refractivity contribution in [3.63, 3.8) is 0 Å². The zero-order valence-electron chi connectivity index (χ0n) is 11.4. The number of imidazole rings is 1. The lowest BCUT2D eigenvalue weighted by atomic mass is 10.00. The van der Waals surface area contributed by atoms with Crippen LogP contribution in [0, 0.1) is 18.7 Å². The summed E-state index contributed by atoms with van der Waals surface area (Å²) in [7, 11) is 0. The molecule has 2 atom stereocenters. The van der Waals surface area contributed by atoms with E-state index in [1.165, 1.54) is 12.3 Å². The highest BCUT2D eigenvalue weighted by Crippen LogP contribution is 2.25. The molecule has 5 heteroatoms. The van der Waals surface area contributed by atoms with Gasteiger partial charge in [0, 0.05) is 5.69 Å². The van der Waals surface area contributed by atoms with Gasteiger partial charge in [-0.3, -0.25) is 4.98 Å². The van der Waals surface area contributed by atoms with Gasteiger partial charge in [-0.2, -0.15) is 0 Å². The molecule has 0 aliphatic heterocycles. The van der Waals surface area contributed by atoms with Crippen molar-refractivity contribution in [1.29, 1.82) is 0 Å². The number of nitrogens with zero attached hydrogens (tertiary/aromatic N) is 2. The summed E-state index contributed by atoms with van der Waals surface area (Å²) >= 11 is 0. The van der Waals surface area contributed by atoms with Crippen molar-refractivity contribution in [3.05, 3.63) is 35.7 Å². The quantitative estimate of drug-likeness (QED) is 0.890. The first-order chi connectivity index (χ1) is 9.02. The van der Waals surface area contributed by atoms with E-state index in [0.29, 0.717) is 11.6 Å². The van der Waals surface area contributed by atoms with Crippen molar-refractivity contribution in [1.82, 2.24) is 15.0 Å². The highest BCUT2D eigenvalue weighted by Gasteiger charge is 2.19. The Labute approximate surface area is 112 Å². The van der Waals surface area contributed by atoms with Crippen molar-refractivity contribution in [2.24, 2.45) is 11.7 Å².